The molecule has 270 valence electrons. The van der Waals surface area contributed by atoms with Crippen LogP contribution >= 0.6 is 22.7 Å². The van der Waals surface area contributed by atoms with Gasteiger partial charge < -0.3 is 4.90 Å². The first kappa shape index (κ1) is 32.3. The molecule has 2 aromatic heterocycles. The fraction of sp³-hybridized carbons (Fsp3) is 0.0182. The predicted octanol–water partition coefficient (Wildman–Crippen LogP) is 15.9. The lowest BCUT2D eigenvalue weighted by Crippen LogP contribution is -2.26. The summed E-state index contributed by atoms with van der Waals surface area (Å²) in [4.78, 5) is 2.46. The Morgan fingerprint density at radius 2 is 0.914 bits per heavy atom. The minimum Gasteiger partial charge on any atom is -0.310 e. The Morgan fingerprint density at radius 1 is 0.345 bits per heavy atom. The lowest BCUT2D eigenvalue weighted by molar-refractivity contribution is 0.794. The smallest absolute Gasteiger partial charge is 0.0726 e. The van der Waals surface area contributed by atoms with E-state index in [1.807, 2.05) is 22.7 Å². The molecule has 2 heterocycles. The molecule has 2 aliphatic carbocycles. The molecule has 9 aromatic carbocycles. The Bertz CT molecular complexity index is 3420. The maximum Gasteiger partial charge on any atom is 0.0726 e. The molecule has 0 saturated carbocycles. The fourth-order valence-electron chi connectivity index (χ4n) is 10.4. The van der Waals surface area contributed by atoms with E-state index in [-0.39, 0.29) is 0 Å². The van der Waals surface area contributed by atoms with E-state index in [2.05, 4.69) is 205 Å². The van der Waals surface area contributed by atoms with E-state index in [0.29, 0.717) is 0 Å². The molecule has 0 N–H and O–H groups in total. The van der Waals surface area contributed by atoms with Gasteiger partial charge >= 0.3 is 0 Å². The third kappa shape index (κ3) is 4.24. The van der Waals surface area contributed by atoms with Crippen LogP contribution in [0.15, 0.2) is 200 Å². The molecular weight excluding hydrogens is 739 g/mol. The van der Waals surface area contributed by atoms with Crippen LogP contribution < -0.4 is 4.90 Å². The molecule has 0 unspecified atom stereocenters. The largest absolute Gasteiger partial charge is 0.310 e. The third-order valence-corrected chi connectivity index (χ3v) is 15.0. The van der Waals surface area contributed by atoms with Crippen molar-refractivity contribution in [3.05, 3.63) is 222 Å². The van der Waals surface area contributed by atoms with Gasteiger partial charge in [-0.3, -0.25) is 0 Å². The van der Waals surface area contributed by atoms with Gasteiger partial charge in [-0.25, -0.2) is 0 Å². The maximum atomic E-state index is 2.46. The molecule has 13 rings (SSSR count). The van der Waals surface area contributed by atoms with Crippen LogP contribution in [0.3, 0.4) is 0 Å². The first-order valence-corrected chi connectivity index (χ1v) is 21.6. The van der Waals surface area contributed by atoms with Gasteiger partial charge in [0.25, 0.3) is 0 Å². The van der Waals surface area contributed by atoms with Crippen molar-refractivity contribution in [1.29, 1.82) is 0 Å². The van der Waals surface area contributed by atoms with Crippen molar-refractivity contribution in [3.63, 3.8) is 0 Å². The average molecular weight is 772 g/mol. The molecule has 3 heteroatoms. The van der Waals surface area contributed by atoms with Crippen molar-refractivity contribution in [1.82, 2.24) is 0 Å². The summed E-state index contributed by atoms with van der Waals surface area (Å²) in [6.45, 7) is 0. The second-order valence-corrected chi connectivity index (χ2v) is 17.6. The number of nitrogens with zero attached hydrogens (tertiary/aromatic N) is 1. The van der Waals surface area contributed by atoms with Crippen molar-refractivity contribution in [2.24, 2.45) is 0 Å². The lowest BCUT2D eigenvalue weighted by atomic mass is 9.70. The van der Waals surface area contributed by atoms with Crippen LogP contribution in [0, 0.1) is 0 Å². The van der Waals surface area contributed by atoms with Gasteiger partial charge in [-0.05, 0) is 98.6 Å². The van der Waals surface area contributed by atoms with Crippen LogP contribution in [-0.4, -0.2) is 0 Å². The molecule has 0 aliphatic heterocycles. The van der Waals surface area contributed by atoms with E-state index in [1.165, 1.54) is 102 Å². The number of benzene rings is 9. The number of rotatable bonds is 4. The van der Waals surface area contributed by atoms with E-state index in [9.17, 15) is 0 Å². The molecule has 58 heavy (non-hydrogen) atoms. The summed E-state index contributed by atoms with van der Waals surface area (Å²) >= 11 is 3.82. The molecule has 0 radical (unpaired) electrons. The minimum absolute atomic E-state index is 0.400. The molecule has 0 atom stereocenters. The van der Waals surface area contributed by atoms with Gasteiger partial charge in [-0.15, -0.1) is 22.7 Å². The van der Waals surface area contributed by atoms with Gasteiger partial charge in [0.15, 0.2) is 0 Å². The monoisotopic (exact) mass is 771 g/mol. The normalized spacial score (nSPS) is 13.3. The third-order valence-electron chi connectivity index (χ3n) is 12.7. The number of anilines is 3. The van der Waals surface area contributed by atoms with Crippen LogP contribution in [0.4, 0.5) is 17.1 Å². The topological polar surface area (TPSA) is 3.24 Å². The maximum absolute atomic E-state index is 2.46. The van der Waals surface area contributed by atoms with E-state index in [0.717, 1.165) is 11.4 Å². The summed E-state index contributed by atoms with van der Waals surface area (Å²) in [5.41, 5.74) is 16.2. The van der Waals surface area contributed by atoms with E-state index >= 15 is 0 Å². The number of thiophene rings is 2. The van der Waals surface area contributed by atoms with Crippen molar-refractivity contribution in [3.8, 4) is 33.4 Å². The molecule has 2 aliphatic rings. The summed E-state index contributed by atoms with van der Waals surface area (Å²) in [5, 5.41) is 5.42. The Labute approximate surface area is 344 Å². The van der Waals surface area contributed by atoms with E-state index < -0.39 is 5.41 Å². The van der Waals surface area contributed by atoms with Gasteiger partial charge in [-0.1, -0.05) is 152 Å². The van der Waals surface area contributed by atoms with E-state index in [1.54, 1.807) is 0 Å². The number of para-hydroxylation sites is 1. The summed E-state index contributed by atoms with van der Waals surface area (Å²) < 4.78 is 5.40. The first-order chi connectivity index (χ1) is 28.8. The Hall–Kier alpha value is -6.78. The van der Waals surface area contributed by atoms with Crippen LogP contribution in [0.25, 0.3) is 73.7 Å². The van der Waals surface area contributed by atoms with Crippen LogP contribution in [-0.2, 0) is 5.41 Å². The second-order valence-electron chi connectivity index (χ2n) is 15.5. The van der Waals surface area contributed by atoms with Crippen LogP contribution in [0.2, 0.25) is 0 Å². The molecule has 0 saturated heterocycles. The number of fused-ring (bicyclic) bond motifs is 17. The van der Waals surface area contributed by atoms with Crippen molar-refractivity contribution in [2.75, 3.05) is 4.90 Å². The zero-order valence-electron chi connectivity index (χ0n) is 31.3. The van der Waals surface area contributed by atoms with Gasteiger partial charge in [0.05, 0.1) is 11.1 Å². The van der Waals surface area contributed by atoms with Crippen LogP contribution in [0.1, 0.15) is 22.3 Å². The van der Waals surface area contributed by atoms with Gasteiger partial charge in [0.1, 0.15) is 0 Å². The molecule has 11 aromatic rings. The molecule has 0 bridgehead atoms. The highest BCUT2D eigenvalue weighted by Crippen LogP contribution is 2.64. The summed E-state index contributed by atoms with van der Waals surface area (Å²) in [6, 6.07) is 74.6. The standard InChI is InChI=1S/C55H33NS2/c1-2-14-35(15-3-1)56(47-25-13-24-46-51(47)42-19-6-10-23-45(42)55(46)43-21-8-4-16-38(43)39-17-5-9-22-44(39)55)36-30-28-34(29-31-36)37-20-12-27-49-52(37)53-50(57-49)33-32-41-40-18-7-11-26-48(40)58-54(41)53/h1-33H. The quantitative estimate of drug-likeness (QED) is 0.172. The van der Waals surface area contributed by atoms with E-state index in [4.69, 9.17) is 0 Å². The highest BCUT2D eigenvalue weighted by Gasteiger charge is 2.52. The molecule has 0 amide bonds. The number of hydrogen-bond acceptors (Lipinski definition) is 3. The van der Waals surface area contributed by atoms with Gasteiger partial charge in [0.2, 0.25) is 0 Å². The summed E-state index contributed by atoms with van der Waals surface area (Å²) in [6.07, 6.45) is 0. The second kappa shape index (κ2) is 12.1. The first-order valence-electron chi connectivity index (χ1n) is 19.9. The molecular formula is C55H33NS2. The highest BCUT2D eigenvalue weighted by atomic mass is 32.1. The Balaban J connectivity index is 1.02. The SMILES string of the molecule is c1ccc(N(c2ccc(-c3cccc4sc5ccc6c7ccccc7sc6c5c34)cc2)c2cccc3c2-c2ccccc2C32c3ccccc3-c3ccccc32)cc1. The minimum atomic E-state index is -0.400. The molecule has 1 spiro atoms. The lowest BCUT2D eigenvalue weighted by Gasteiger charge is -2.31. The van der Waals surface area contributed by atoms with Gasteiger partial charge in [-0.2, -0.15) is 0 Å². The number of hydrogen-bond donors (Lipinski definition) is 0. The van der Waals surface area contributed by atoms with Gasteiger partial charge in [0, 0.05) is 57.3 Å². The average Bonchev–Trinajstić information content (AvgIpc) is 4.03. The zero-order chi connectivity index (χ0) is 38.0. The van der Waals surface area contributed by atoms with Crippen LogP contribution in [0.5, 0.6) is 0 Å². The van der Waals surface area contributed by atoms with Crippen molar-refractivity contribution in [2.45, 2.75) is 5.41 Å². The zero-order valence-corrected chi connectivity index (χ0v) is 32.9. The molecule has 0 fully saturated rings. The summed E-state index contributed by atoms with van der Waals surface area (Å²) in [7, 11) is 0. The highest BCUT2D eigenvalue weighted by molar-refractivity contribution is 7.29. The Morgan fingerprint density at radius 3 is 1.69 bits per heavy atom. The Kier molecular flexibility index (Phi) is 6.75. The van der Waals surface area contributed by atoms with Crippen molar-refractivity contribution < 1.29 is 0 Å². The predicted molar refractivity (Wildman–Crippen MR) is 249 cm³/mol. The summed E-state index contributed by atoms with van der Waals surface area (Å²) in [5.74, 6) is 0. The molecule has 1 nitrogen and oxygen atoms in total. The fourth-order valence-corrected chi connectivity index (χ4v) is 12.9. The van der Waals surface area contributed by atoms with Crippen molar-refractivity contribution >= 4 is 80.1 Å².